The van der Waals surface area contributed by atoms with Crippen LogP contribution in [0.2, 0.25) is 0 Å². The van der Waals surface area contributed by atoms with E-state index in [1.54, 1.807) is 6.20 Å². The summed E-state index contributed by atoms with van der Waals surface area (Å²) in [4.78, 5) is 4.01. The van der Waals surface area contributed by atoms with Gasteiger partial charge in [0, 0.05) is 31.0 Å². The fourth-order valence-electron chi connectivity index (χ4n) is 2.26. The lowest BCUT2D eigenvalue weighted by atomic mass is 10.2. The molecule has 4 heteroatoms. The van der Waals surface area contributed by atoms with Crippen molar-refractivity contribution in [1.29, 1.82) is 0 Å². The summed E-state index contributed by atoms with van der Waals surface area (Å²) >= 11 is 0. The van der Waals surface area contributed by atoms with Gasteiger partial charge in [-0.1, -0.05) is 0 Å². The van der Waals surface area contributed by atoms with E-state index in [2.05, 4.69) is 21.8 Å². The van der Waals surface area contributed by atoms with Crippen LogP contribution in [0.25, 0.3) is 0 Å². The van der Waals surface area contributed by atoms with Crippen molar-refractivity contribution >= 4 is 0 Å². The highest BCUT2D eigenvalue weighted by molar-refractivity contribution is 4.85. The molecule has 1 aliphatic rings. The van der Waals surface area contributed by atoms with E-state index in [-0.39, 0.29) is 12.1 Å². The number of nitrogens with zero attached hydrogens (tertiary/aromatic N) is 2. The van der Waals surface area contributed by atoms with Crippen molar-refractivity contribution in [3.05, 3.63) is 18.7 Å². The molecule has 0 aromatic carbocycles. The van der Waals surface area contributed by atoms with Gasteiger partial charge in [0.25, 0.3) is 0 Å². The van der Waals surface area contributed by atoms with E-state index in [0.717, 1.165) is 25.8 Å². The van der Waals surface area contributed by atoms with Gasteiger partial charge in [0.15, 0.2) is 0 Å². The molecule has 1 saturated carbocycles. The zero-order valence-electron chi connectivity index (χ0n) is 9.13. The zero-order valence-corrected chi connectivity index (χ0v) is 9.13. The van der Waals surface area contributed by atoms with E-state index < -0.39 is 0 Å². The average Bonchev–Trinajstić information content (AvgIpc) is 2.79. The lowest BCUT2D eigenvalue weighted by molar-refractivity contribution is 0.142. The van der Waals surface area contributed by atoms with E-state index in [0.29, 0.717) is 6.04 Å². The van der Waals surface area contributed by atoms with E-state index >= 15 is 0 Å². The fourth-order valence-corrected chi connectivity index (χ4v) is 2.26. The van der Waals surface area contributed by atoms with Crippen LogP contribution in [0.5, 0.6) is 0 Å². The Balaban J connectivity index is 1.79. The van der Waals surface area contributed by atoms with Crippen LogP contribution < -0.4 is 5.32 Å². The summed E-state index contributed by atoms with van der Waals surface area (Å²) in [5.41, 5.74) is 0. The number of imidazole rings is 1. The Hall–Kier alpha value is -0.870. The lowest BCUT2D eigenvalue weighted by Gasteiger charge is -2.22. The van der Waals surface area contributed by atoms with Crippen LogP contribution in [0.4, 0.5) is 0 Å². The summed E-state index contributed by atoms with van der Waals surface area (Å²) in [7, 11) is 0. The quantitative estimate of drug-likeness (QED) is 0.770. The third-order valence-electron chi connectivity index (χ3n) is 3.02. The van der Waals surface area contributed by atoms with Gasteiger partial charge >= 0.3 is 0 Å². The highest BCUT2D eigenvalue weighted by Crippen LogP contribution is 2.19. The van der Waals surface area contributed by atoms with Crippen LogP contribution in [-0.2, 0) is 6.54 Å². The molecule has 1 aliphatic carbocycles. The van der Waals surface area contributed by atoms with E-state index in [1.165, 1.54) is 0 Å². The Kier molecular flexibility index (Phi) is 3.38. The second-order valence-corrected chi connectivity index (χ2v) is 4.43. The summed E-state index contributed by atoms with van der Waals surface area (Å²) in [5.74, 6) is 0. The van der Waals surface area contributed by atoms with E-state index in [1.807, 2.05) is 12.5 Å². The first kappa shape index (κ1) is 10.6. The van der Waals surface area contributed by atoms with Crippen molar-refractivity contribution in [2.45, 2.75) is 50.9 Å². The maximum absolute atomic E-state index is 9.68. The summed E-state index contributed by atoms with van der Waals surface area (Å²) in [5, 5.41) is 13.2. The molecule has 0 aliphatic heterocycles. The van der Waals surface area contributed by atoms with Gasteiger partial charge in [-0.15, -0.1) is 0 Å². The van der Waals surface area contributed by atoms with Crippen molar-refractivity contribution in [3.8, 4) is 0 Å². The molecular weight excluding hydrogens is 190 g/mol. The molecule has 2 rings (SSSR count). The number of aliphatic hydroxyl groups is 1. The SMILES string of the molecule is CC(Cn1ccnc1)N[C@H]1CCC[C@@H]1O. The van der Waals surface area contributed by atoms with Crippen LogP contribution in [0.15, 0.2) is 18.7 Å². The molecule has 0 amide bonds. The Morgan fingerprint density at radius 3 is 3.07 bits per heavy atom. The average molecular weight is 209 g/mol. The third kappa shape index (κ3) is 2.79. The largest absolute Gasteiger partial charge is 0.392 e. The van der Waals surface area contributed by atoms with Gasteiger partial charge in [-0.3, -0.25) is 0 Å². The molecule has 1 unspecified atom stereocenters. The number of aromatic nitrogens is 2. The minimum atomic E-state index is -0.157. The van der Waals surface area contributed by atoms with Gasteiger partial charge in [-0.05, 0) is 26.2 Å². The molecule has 15 heavy (non-hydrogen) atoms. The Morgan fingerprint density at radius 1 is 1.60 bits per heavy atom. The van der Waals surface area contributed by atoms with Crippen molar-refractivity contribution in [3.63, 3.8) is 0 Å². The molecule has 4 nitrogen and oxygen atoms in total. The summed E-state index contributed by atoms with van der Waals surface area (Å²) in [6, 6.07) is 0.653. The van der Waals surface area contributed by atoms with Gasteiger partial charge < -0.3 is 15.0 Å². The van der Waals surface area contributed by atoms with Crippen LogP contribution in [0.1, 0.15) is 26.2 Å². The molecule has 1 heterocycles. The second-order valence-electron chi connectivity index (χ2n) is 4.43. The number of nitrogens with one attached hydrogen (secondary N) is 1. The smallest absolute Gasteiger partial charge is 0.0946 e. The van der Waals surface area contributed by atoms with Crippen molar-refractivity contribution in [1.82, 2.24) is 14.9 Å². The van der Waals surface area contributed by atoms with Crippen LogP contribution in [-0.4, -0.2) is 32.8 Å². The van der Waals surface area contributed by atoms with Gasteiger partial charge in [-0.25, -0.2) is 4.98 Å². The summed E-state index contributed by atoms with van der Waals surface area (Å²) < 4.78 is 2.05. The van der Waals surface area contributed by atoms with Gasteiger partial charge in [0.2, 0.25) is 0 Å². The highest BCUT2D eigenvalue weighted by Gasteiger charge is 2.25. The first-order chi connectivity index (χ1) is 7.25. The molecule has 1 aromatic rings. The van der Waals surface area contributed by atoms with Crippen LogP contribution >= 0.6 is 0 Å². The highest BCUT2D eigenvalue weighted by atomic mass is 16.3. The van der Waals surface area contributed by atoms with Crippen LogP contribution in [0, 0.1) is 0 Å². The van der Waals surface area contributed by atoms with Crippen molar-refractivity contribution < 1.29 is 5.11 Å². The Morgan fingerprint density at radius 2 is 2.47 bits per heavy atom. The molecule has 0 spiro atoms. The minimum absolute atomic E-state index is 0.157. The molecule has 1 aromatic heterocycles. The Bertz CT molecular complexity index is 286. The Labute approximate surface area is 90.3 Å². The van der Waals surface area contributed by atoms with Crippen molar-refractivity contribution in [2.75, 3.05) is 0 Å². The topological polar surface area (TPSA) is 50.1 Å². The number of hydrogen-bond acceptors (Lipinski definition) is 3. The summed E-state index contributed by atoms with van der Waals surface area (Å²) in [6.07, 6.45) is 8.58. The maximum Gasteiger partial charge on any atom is 0.0946 e. The third-order valence-corrected chi connectivity index (χ3v) is 3.02. The number of rotatable bonds is 4. The molecular formula is C11H19N3O. The fraction of sp³-hybridized carbons (Fsp3) is 0.727. The normalized spacial score (nSPS) is 28.1. The standard InChI is InChI=1S/C11H19N3O/c1-9(7-14-6-5-12-8-14)13-10-3-2-4-11(10)15/h5-6,8-11,13,15H,2-4,7H2,1H3/t9?,10-,11-/m0/s1. The second kappa shape index (κ2) is 4.77. The molecule has 0 bridgehead atoms. The van der Waals surface area contributed by atoms with Crippen molar-refractivity contribution in [2.24, 2.45) is 0 Å². The summed E-state index contributed by atoms with van der Waals surface area (Å²) in [6.45, 7) is 3.05. The molecule has 0 saturated heterocycles. The maximum atomic E-state index is 9.68. The monoisotopic (exact) mass is 209 g/mol. The van der Waals surface area contributed by atoms with E-state index in [9.17, 15) is 5.11 Å². The minimum Gasteiger partial charge on any atom is -0.392 e. The van der Waals surface area contributed by atoms with Gasteiger partial charge in [0.05, 0.1) is 12.4 Å². The molecule has 0 radical (unpaired) electrons. The predicted octanol–water partition coefficient (Wildman–Crippen LogP) is 0.775. The molecule has 2 N–H and O–H groups in total. The molecule has 1 fully saturated rings. The van der Waals surface area contributed by atoms with E-state index in [4.69, 9.17) is 0 Å². The predicted molar refractivity (Wildman–Crippen MR) is 58.5 cm³/mol. The van der Waals surface area contributed by atoms with Gasteiger partial charge in [0.1, 0.15) is 0 Å². The number of hydrogen-bond donors (Lipinski definition) is 2. The van der Waals surface area contributed by atoms with Crippen LogP contribution in [0.3, 0.4) is 0 Å². The zero-order chi connectivity index (χ0) is 10.7. The number of aliphatic hydroxyl groups excluding tert-OH is 1. The first-order valence-corrected chi connectivity index (χ1v) is 5.65. The van der Waals surface area contributed by atoms with Gasteiger partial charge in [-0.2, -0.15) is 0 Å². The molecule has 84 valence electrons. The molecule has 3 atom stereocenters. The first-order valence-electron chi connectivity index (χ1n) is 5.65. The lowest BCUT2D eigenvalue weighted by Crippen LogP contribution is -2.42.